The second-order valence-electron chi connectivity index (χ2n) is 3.52. The van der Waals surface area contributed by atoms with Gasteiger partial charge in [-0.25, -0.2) is 4.36 Å². The van der Waals surface area contributed by atoms with Crippen LogP contribution >= 0.6 is 0 Å². The van der Waals surface area contributed by atoms with Crippen LogP contribution in [-0.4, -0.2) is 36.4 Å². The monoisotopic (exact) mass is 190 g/mol. The molecule has 2 atom stereocenters. The maximum atomic E-state index is 11.6. The first-order chi connectivity index (χ1) is 5.64. The molecule has 0 amide bonds. The lowest BCUT2D eigenvalue weighted by Crippen LogP contribution is -2.33. The lowest BCUT2D eigenvalue weighted by Gasteiger charge is -2.22. The van der Waals surface area contributed by atoms with E-state index in [1.54, 1.807) is 13.3 Å². The van der Waals surface area contributed by atoms with Crippen LogP contribution in [0, 0.1) is 5.92 Å². The molecule has 0 aromatic heterocycles. The molecular weight excluding hydrogens is 172 g/mol. The molecule has 1 aliphatic rings. The Morgan fingerprint density at radius 2 is 2.42 bits per heavy atom. The first-order valence-corrected chi connectivity index (χ1v) is 6.52. The van der Waals surface area contributed by atoms with Gasteiger partial charge in [-0.15, -0.1) is 0 Å². The number of hydrogen-bond acceptors (Lipinski definition) is 3. The molecule has 0 radical (unpaired) electrons. The highest BCUT2D eigenvalue weighted by atomic mass is 32.2. The summed E-state index contributed by atoms with van der Waals surface area (Å²) in [5, 5.41) is 3.31. The first-order valence-electron chi connectivity index (χ1n) is 4.43. The molecule has 0 aromatic carbocycles. The lowest BCUT2D eigenvalue weighted by molar-refractivity contribution is 0.407. The maximum Gasteiger partial charge on any atom is 0.0438 e. The van der Waals surface area contributed by atoms with Crippen molar-refractivity contribution >= 4 is 9.73 Å². The minimum absolute atomic E-state index is 0.569. The summed E-state index contributed by atoms with van der Waals surface area (Å²) >= 11 is 0. The second-order valence-corrected chi connectivity index (χ2v) is 6.14. The Kier molecular flexibility index (Phi) is 3.53. The number of piperidine rings is 1. The van der Waals surface area contributed by atoms with Crippen LogP contribution in [-0.2, 0) is 9.73 Å². The molecule has 0 bridgehead atoms. The zero-order valence-electron chi connectivity index (χ0n) is 7.88. The number of hydrogen-bond donors (Lipinski definition) is 1. The zero-order valence-corrected chi connectivity index (χ0v) is 8.69. The molecule has 0 aliphatic carbocycles. The van der Waals surface area contributed by atoms with E-state index in [4.69, 9.17) is 0 Å². The van der Waals surface area contributed by atoms with E-state index >= 15 is 0 Å². The fourth-order valence-corrected chi connectivity index (χ4v) is 2.89. The van der Waals surface area contributed by atoms with Crippen LogP contribution < -0.4 is 5.32 Å². The van der Waals surface area contributed by atoms with Crippen molar-refractivity contribution in [2.75, 3.05) is 32.1 Å². The highest BCUT2D eigenvalue weighted by molar-refractivity contribution is 7.92. The topological polar surface area (TPSA) is 41.5 Å². The van der Waals surface area contributed by atoms with Crippen LogP contribution in [0.15, 0.2) is 4.36 Å². The summed E-state index contributed by atoms with van der Waals surface area (Å²) in [6, 6.07) is 0. The Balaban J connectivity index is 2.45. The van der Waals surface area contributed by atoms with E-state index in [9.17, 15) is 4.21 Å². The zero-order chi connectivity index (χ0) is 9.03. The van der Waals surface area contributed by atoms with Gasteiger partial charge in [-0.2, -0.15) is 0 Å². The molecule has 2 unspecified atom stereocenters. The number of nitrogens with one attached hydrogen (secondary N) is 1. The van der Waals surface area contributed by atoms with Gasteiger partial charge in [-0.1, -0.05) is 0 Å². The molecule has 3 nitrogen and oxygen atoms in total. The molecule has 1 aliphatic heterocycles. The van der Waals surface area contributed by atoms with E-state index in [0.29, 0.717) is 5.92 Å². The molecule has 1 saturated heterocycles. The predicted octanol–water partition coefficient (Wildman–Crippen LogP) is 0.714. The molecule has 0 spiro atoms. The average molecular weight is 190 g/mol. The van der Waals surface area contributed by atoms with Crippen molar-refractivity contribution in [2.45, 2.75) is 12.8 Å². The van der Waals surface area contributed by atoms with Crippen molar-refractivity contribution in [3.8, 4) is 0 Å². The summed E-state index contributed by atoms with van der Waals surface area (Å²) in [5.41, 5.74) is 0. The summed E-state index contributed by atoms with van der Waals surface area (Å²) < 4.78 is 15.5. The largest absolute Gasteiger partial charge is 0.316 e. The minimum Gasteiger partial charge on any atom is -0.316 e. The van der Waals surface area contributed by atoms with Crippen molar-refractivity contribution < 1.29 is 4.21 Å². The van der Waals surface area contributed by atoms with Crippen LogP contribution in [0.1, 0.15) is 12.8 Å². The van der Waals surface area contributed by atoms with Crippen LogP contribution in [0.25, 0.3) is 0 Å². The van der Waals surface area contributed by atoms with Gasteiger partial charge in [0.2, 0.25) is 0 Å². The minimum atomic E-state index is -1.88. The van der Waals surface area contributed by atoms with Crippen molar-refractivity contribution in [3.63, 3.8) is 0 Å². The van der Waals surface area contributed by atoms with Crippen LogP contribution in [0.4, 0.5) is 0 Å². The van der Waals surface area contributed by atoms with E-state index in [0.717, 1.165) is 18.8 Å². The SMILES string of the molecule is CN=S(C)(=O)CC1CCCNC1. The van der Waals surface area contributed by atoms with Crippen molar-refractivity contribution in [2.24, 2.45) is 10.3 Å². The van der Waals surface area contributed by atoms with Gasteiger partial charge in [-0.3, -0.25) is 4.21 Å². The third-order valence-electron chi connectivity index (χ3n) is 2.33. The lowest BCUT2D eigenvalue weighted by atomic mass is 10.0. The molecule has 1 fully saturated rings. The first kappa shape index (κ1) is 9.99. The van der Waals surface area contributed by atoms with E-state index in [-0.39, 0.29) is 0 Å². The van der Waals surface area contributed by atoms with Crippen molar-refractivity contribution in [1.82, 2.24) is 5.32 Å². The van der Waals surface area contributed by atoms with Gasteiger partial charge in [-0.05, 0) is 31.8 Å². The summed E-state index contributed by atoms with van der Waals surface area (Å²) in [4.78, 5) is 0. The van der Waals surface area contributed by atoms with Gasteiger partial charge in [0.05, 0.1) is 0 Å². The summed E-state index contributed by atoms with van der Waals surface area (Å²) in [7, 11) is -0.233. The quantitative estimate of drug-likeness (QED) is 0.697. The maximum absolute atomic E-state index is 11.6. The molecular formula is C8H18N2OS. The van der Waals surface area contributed by atoms with Gasteiger partial charge < -0.3 is 5.32 Å². The van der Waals surface area contributed by atoms with Crippen LogP contribution in [0.3, 0.4) is 0 Å². The number of rotatable bonds is 2. The molecule has 4 heteroatoms. The van der Waals surface area contributed by atoms with E-state index in [1.165, 1.54) is 12.8 Å². The normalized spacial score (nSPS) is 29.3. The Morgan fingerprint density at radius 3 is 2.92 bits per heavy atom. The molecule has 1 N–H and O–H groups in total. The Hall–Kier alpha value is -0.0900. The van der Waals surface area contributed by atoms with E-state index in [1.807, 2.05) is 0 Å². The molecule has 12 heavy (non-hydrogen) atoms. The third kappa shape index (κ3) is 3.11. The van der Waals surface area contributed by atoms with Crippen molar-refractivity contribution in [3.05, 3.63) is 0 Å². The third-order valence-corrected chi connectivity index (χ3v) is 4.19. The summed E-state index contributed by atoms with van der Waals surface area (Å²) in [6.45, 7) is 2.13. The van der Waals surface area contributed by atoms with Gasteiger partial charge >= 0.3 is 0 Å². The highest BCUT2D eigenvalue weighted by Crippen LogP contribution is 2.12. The van der Waals surface area contributed by atoms with Crippen LogP contribution in [0.5, 0.6) is 0 Å². The molecule has 1 heterocycles. The second kappa shape index (κ2) is 4.23. The van der Waals surface area contributed by atoms with Crippen LogP contribution in [0.2, 0.25) is 0 Å². The molecule has 1 rings (SSSR count). The van der Waals surface area contributed by atoms with E-state index < -0.39 is 9.73 Å². The number of nitrogens with zero attached hydrogens (tertiary/aromatic N) is 1. The highest BCUT2D eigenvalue weighted by Gasteiger charge is 2.16. The Morgan fingerprint density at radius 1 is 1.67 bits per heavy atom. The predicted molar refractivity (Wildman–Crippen MR) is 52.9 cm³/mol. The molecule has 0 saturated carbocycles. The smallest absolute Gasteiger partial charge is 0.0438 e. The summed E-state index contributed by atoms with van der Waals surface area (Å²) in [6.07, 6.45) is 4.17. The Labute approximate surface area is 75.1 Å². The molecule has 72 valence electrons. The van der Waals surface area contributed by atoms with Gasteiger partial charge in [0.1, 0.15) is 0 Å². The molecule has 0 aromatic rings. The fourth-order valence-electron chi connectivity index (χ4n) is 1.58. The van der Waals surface area contributed by atoms with Gasteiger partial charge in [0.15, 0.2) is 0 Å². The van der Waals surface area contributed by atoms with Crippen molar-refractivity contribution in [1.29, 1.82) is 0 Å². The average Bonchev–Trinajstić information content (AvgIpc) is 2.06. The Bertz CT molecular complexity index is 237. The van der Waals surface area contributed by atoms with Gasteiger partial charge in [0.25, 0.3) is 0 Å². The van der Waals surface area contributed by atoms with E-state index in [2.05, 4.69) is 9.68 Å². The standard InChI is InChI=1S/C8H18N2OS/c1-9-12(2,11)7-8-4-3-5-10-6-8/h8,10H,3-7H2,1-2H3. The summed E-state index contributed by atoms with van der Waals surface area (Å²) in [5.74, 6) is 1.33. The fraction of sp³-hybridized carbons (Fsp3) is 1.00. The van der Waals surface area contributed by atoms with Gasteiger partial charge in [0, 0.05) is 28.8 Å².